The van der Waals surface area contributed by atoms with Crippen LogP contribution in [-0.4, -0.2) is 100.0 Å². The number of aromatic nitrogens is 4. The maximum atomic E-state index is 7.70. The molecule has 0 atom stereocenters. The number of ether oxygens (including phenoxy) is 16. The van der Waals surface area contributed by atoms with Gasteiger partial charge in [0.1, 0.15) is 75.9 Å². The van der Waals surface area contributed by atoms with Crippen molar-refractivity contribution in [2.45, 2.75) is 75.0 Å². The molecule has 0 unspecified atom stereocenters. The van der Waals surface area contributed by atoms with Crippen LogP contribution in [0.15, 0.2) is 267 Å². The molecule has 20 nitrogen and oxygen atoms in total. The largest absolute Gasteiger partial charge is 0.489 e. The predicted molar refractivity (Wildman–Crippen MR) is 521 cm³/mol. The molecule has 674 valence electrons. The highest BCUT2D eigenvalue weighted by molar-refractivity contribution is 6.02. The molecule has 29 rings (SSSR count). The molecule has 0 spiro atoms. The van der Waals surface area contributed by atoms with Crippen LogP contribution in [0.4, 0.5) is 0 Å². The number of fused-ring (bicyclic) bond motifs is 6. The normalized spacial score (nSPS) is 17.0. The fourth-order valence-corrected chi connectivity index (χ4v) is 21.5. The van der Waals surface area contributed by atoms with Gasteiger partial charge in [0.15, 0.2) is 46.0 Å². The minimum Gasteiger partial charge on any atom is -0.489 e. The minimum absolute atomic E-state index is 0.0107. The van der Waals surface area contributed by atoms with Gasteiger partial charge in [-0.05, 0) is 171 Å². The molecule has 15 aromatic rings. The number of aryl methyl sites for hydroxylation is 4. The lowest BCUT2D eigenvalue weighted by atomic mass is 9.75. The number of H-pyrrole nitrogens is 2. The van der Waals surface area contributed by atoms with Crippen molar-refractivity contribution in [1.82, 2.24) is 19.9 Å². The lowest BCUT2D eigenvalue weighted by molar-refractivity contribution is 0.0797. The molecule has 0 fully saturated rings. The van der Waals surface area contributed by atoms with Gasteiger partial charge in [-0.15, -0.1) is 0 Å². The first-order valence-corrected chi connectivity index (χ1v) is 47.0. The Morgan fingerprint density at radius 2 is 0.404 bits per heavy atom. The van der Waals surface area contributed by atoms with Gasteiger partial charge >= 0.3 is 0 Å². The van der Waals surface area contributed by atoms with Gasteiger partial charge in [0.05, 0.1) is 22.8 Å². The molecule has 0 saturated carbocycles. The average molecular weight is 1800 g/mol. The summed E-state index contributed by atoms with van der Waals surface area (Å²) in [5, 5.41) is 0. The van der Waals surface area contributed by atoms with E-state index in [-0.39, 0.29) is 80.0 Å². The molecule has 13 aliphatic heterocycles. The summed E-state index contributed by atoms with van der Waals surface area (Å²) in [6.45, 7) is -1.24. The van der Waals surface area contributed by atoms with Crippen molar-refractivity contribution in [3.05, 3.63) is 356 Å². The topological polar surface area (TPSA) is 205 Å². The van der Waals surface area contributed by atoms with E-state index in [1.54, 1.807) is 0 Å². The van der Waals surface area contributed by atoms with Crippen LogP contribution in [-0.2, 0) is 25.7 Å². The van der Waals surface area contributed by atoms with E-state index in [0.29, 0.717) is 166 Å². The molecule has 12 aromatic carbocycles. The van der Waals surface area contributed by atoms with E-state index in [9.17, 15) is 0 Å². The van der Waals surface area contributed by atoms with Crippen LogP contribution in [0.1, 0.15) is 139 Å². The zero-order valence-corrected chi connectivity index (χ0v) is 74.6. The van der Waals surface area contributed by atoms with E-state index in [0.717, 1.165) is 133 Å². The van der Waals surface area contributed by atoms with Crippen molar-refractivity contribution < 1.29 is 75.8 Å². The first-order valence-electron chi connectivity index (χ1n) is 47.0. The fourth-order valence-electron chi connectivity index (χ4n) is 21.5. The van der Waals surface area contributed by atoms with Gasteiger partial charge in [-0.1, -0.05) is 194 Å². The van der Waals surface area contributed by atoms with Gasteiger partial charge in [-0.2, -0.15) is 0 Å². The van der Waals surface area contributed by atoms with Crippen molar-refractivity contribution in [2.24, 2.45) is 0 Å². The molecule has 0 saturated heterocycles. The Kier molecular flexibility index (Phi) is 21.4. The van der Waals surface area contributed by atoms with Crippen LogP contribution in [0.5, 0.6) is 92.0 Å². The van der Waals surface area contributed by atoms with Crippen molar-refractivity contribution >= 4 is 46.4 Å². The van der Waals surface area contributed by atoms with Gasteiger partial charge < -0.3 is 85.8 Å². The SMILES string of the molecule is C1=Cc2nc1c1c3ccc([nH]3)c3c4nc(c5c6ccc([nH]6)c2-c2ccccc2OCCOc2c6c7cc8c2OCOc2c(cc9c(c2OCCOc2ccccc2-5)OCOc2c(cc5c(c2OCCOc2ccccc2-3)OCOc2c(cc(c(c2OCCOc2ccccc2-1)OCO6)C7CCc1ccccc1)C5CCc1ccccc1)C9CCc1ccccc1)C8CCc1ccccc1)C=C4. The van der Waals surface area contributed by atoms with Crippen LogP contribution >= 0.6 is 0 Å². The second-order valence-corrected chi connectivity index (χ2v) is 35.4. The number of rotatable bonds is 12. The van der Waals surface area contributed by atoms with Crippen molar-refractivity contribution in [3.8, 4) is 136 Å². The first-order chi connectivity index (χ1) is 67.5. The quantitative estimate of drug-likeness (QED) is 0.117. The van der Waals surface area contributed by atoms with Crippen molar-refractivity contribution in [1.29, 1.82) is 0 Å². The molecule has 2 N–H and O–H groups in total. The molecular weight excluding hydrogens is 1710 g/mol. The fraction of sp³-hybridized carbons (Fsp3) is 0.207. The Balaban J connectivity index is 0.855. The van der Waals surface area contributed by atoms with Gasteiger partial charge in [0, 0.05) is 135 Å². The van der Waals surface area contributed by atoms with Crippen LogP contribution in [0.3, 0.4) is 0 Å². The Hall–Kier alpha value is -16.0. The number of hydrogen-bond acceptors (Lipinski definition) is 18. The highest BCUT2D eigenvalue weighted by Gasteiger charge is 2.45. The summed E-state index contributed by atoms with van der Waals surface area (Å²) in [7, 11) is 0. The molecule has 0 amide bonds. The van der Waals surface area contributed by atoms with E-state index in [1.165, 1.54) is 0 Å². The Morgan fingerprint density at radius 1 is 0.206 bits per heavy atom. The number of hydrogen-bond donors (Lipinski definition) is 2. The van der Waals surface area contributed by atoms with E-state index < -0.39 is 23.7 Å². The number of aromatic amines is 2. The van der Waals surface area contributed by atoms with Crippen LogP contribution in [0.2, 0.25) is 0 Å². The highest BCUT2D eigenvalue weighted by atomic mass is 16.7. The summed E-state index contributed by atoms with van der Waals surface area (Å²) in [5.41, 5.74) is 22.6. The summed E-state index contributed by atoms with van der Waals surface area (Å²) in [6.07, 6.45) is 12.8. The standard InChI is InChI=1S/C116H94N4O16/c1-5-21-69(22-6-1)37-41-73-81-61-83-74(42-38-70-23-7-2-8-24-70)85-63-87-76(44-40-72-27-11-4-12-28-72)88-64-86-75(43-39-71-25-9-3-10-26-71)84-62-82(73)106-114-108(84)132-67-134-110(86)116-112(88)136-68-135-111(87)115-109(85)133-66-131-107(83)113(105(81)129-65-130-106)125-57-53-121-97-33-17-13-29-77(97)101-89-45-46-90(117-89)102(78-30-14-18-34-98(78)122-54-58-126-114)92-48-50-94(119-92)104(80-32-16-20-36-100(80)124-56-60-128-116)96-52-51-95(120-96)103(93-49-47-91(101)118-93)79-31-15-19-35-99(79)123-55-59-127-115/h1-36,45-52,61-64,73-76,117,120H,37-44,53-60,65-68H2. The summed E-state index contributed by atoms with van der Waals surface area (Å²) in [6, 6.07) is 92.9. The smallest absolute Gasteiger partial charge is 0.231 e. The zero-order valence-electron chi connectivity index (χ0n) is 74.6. The summed E-state index contributed by atoms with van der Waals surface area (Å²) >= 11 is 0. The molecule has 136 heavy (non-hydrogen) atoms. The summed E-state index contributed by atoms with van der Waals surface area (Å²) in [4.78, 5) is 19.7. The monoisotopic (exact) mass is 1800 g/mol. The third-order valence-corrected chi connectivity index (χ3v) is 27.6. The van der Waals surface area contributed by atoms with E-state index >= 15 is 0 Å². The maximum Gasteiger partial charge on any atom is 0.231 e. The Morgan fingerprint density at radius 3 is 0.625 bits per heavy atom. The van der Waals surface area contributed by atoms with E-state index in [4.69, 9.17) is 85.8 Å². The van der Waals surface area contributed by atoms with Crippen LogP contribution < -0.4 is 75.8 Å². The maximum absolute atomic E-state index is 7.70. The number of nitrogens with one attached hydrogen (secondary N) is 2. The average Bonchev–Trinajstić information content (AvgIpc) is 0.899. The molecule has 32 bridgehead atoms. The van der Waals surface area contributed by atoms with Crippen molar-refractivity contribution in [2.75, 3.05) is 80.0 Å². The van der Waals surface area contributed by atoms with E-state index in [2.05, 4.69) is 228 Å². The zero-order chi connectivity index (χ0) is 89.9. The molecule has 20 heteroatoms. The van der Waals surface area contributed by atoms with Crippen LogP contribution in [0, 0.1) is 0 Å². The lowest BCUT2D eigenvalue weighted by Gasteiger charge is -2.37. The third-order valence-electron chi connectivity index (χ3n) is 27.6. The highest BCUT2D eigenvalue weighted by Crippen LogP contribution is 2.64. The van der Waals surface area contributed by atoms with Gasteiger partial charge in [0.25, 0.3) is 0 Å². The van der Waals surface area contributed by atoms with E-state index in [1.807, 2.05) is 72.8 Å². The Labute approximate surface area is 785 Å². The van der Waals surface area contributed by atoms with Crippen molar-refractivity contribution in [3.63, 3.8) is 0 Å². The molecule has 16 heterocycles. The van der Waals surface area contributed by atoms with Crippen LogP contribution in [0.25, 0.3) is 90.9 Å². The second kappa shape index (κ2) is 35.5. The minimum atomic E-state index is -0.595. The predicted octanol–water partition coefficient (Wildman–Crippen LogP) is 24.4. The van der Waals surface area contributed by atoms with Gasteiger partial charge in [-0.3, -0.25) is 0 Å². The molecule has 1 aliphatic carbocycles. The van der Waals surface area contributed by atoms with Gasteiger partial charge in [-0.25, -0.2) is 9.97 Å². The Bertz CT molecular complexity index is 6450. The van der Waals surface area contributed by atoms with Gasteiger partial charge in [0.2, 0.25) is 50.2 Å². The first kappa shape index (κ1) is 82.0. The summed E-state index contributed by atoms with van der Waals surface area (Å²) < 4.78 is 120. The third kappa shape index (κ3) is 15.0. The molecule has 3 aromatic heterocycles. The number of nitrogens with zero attached hydrogens (tertiary/aromatic N) is 2. The second-order valence-electron chi connectivity index (χ2n) is 35.4. The lowest BCUT2D eigenvalue weighted by Crippen LogP contribution is -2.25. The number of benzene rings is 12. The molecule has 14 aliphatic rings. The number of para-hydroxylation sites is 4. The molecular formula is C116H94N4O16. The molecule has 0 radical (unpaired) electrons. The summed E-state index contributed by atoms with van der Waals surface area (Å²) in [5.74, 6) is 4.67.